The Morgan fingerprint density at radius 3 is 2.38 bits per heavy atom. The number of furan rings is 1. The Hall–Kier alpha value is -2.72. The third-order valence-corrected chi connectivity index (χ3v) is 10.4. The van der Waals surface area contributed by atoms with Gasteiger partial charge in [-0.3, -0.25) is 29.0 Å². The number of carbonyl (C=O) groups is 4. The predicted molar refractivity (Wildman–Crippen MR) is 147 cm³/mol. The Morgan fingerprint density at radius 1 is 1.05 bits per heavy atom. The third kappa shape index (κ3) is 3.40. The van der Waals surface area contributed by atoms with E-state index in [1.165, 1.54) is 4.90 Å². The van der Waals surface area contributed by atoms with Gasteiger partial charge < -0.3 is 9.52 Å². The number of likely N-dealkylation sites (tertiary alicyclic amines) is 1. The lowest BCUT2D eigenvalue weighted by atomic mass is 9.57. The first kappa shape index (κ1) is 26.5. The van der Waals surface area contributed by atoms with E-state index in [9.17, 15) is 24.3 Å². The largest absolute Gasteiger partial charge is 0.463 e. The summed E-state index contributed by atoms with van der Waals surface area (Å²) in [5, 5.41) is 9.62. The fourth-order valence-corrected chi connectivity index (χ4v) is 8.12. The van der Waals surface area contributed by atoms with Crippen molar-refractivity contribution >= 4 is 74.5 Å². The fourth-order valence-electron chi connectivity index (χ4n) is 6.71. The lowest BCUT2D eigenvalue weighted by Gasteiger charge is -2.49. The van der Waals surface area contributed by atoms with E-state index >= 15 is 0 Å². The first-order chi connectivity index (χ1) is 18.6. The van der Waals surface area contributed by atoms with Crippen molar-refractivity contribution < 1.29 is 28.7 Å². The maximum atomic E-state index is 14.0. The SMILES string of the molecule is C=Cc1ccc(N2C(=O)[C@H]3[C@H](CC=C4[C@H]3C[C@@]3(Cl)C(=O)N(CBr)C(=O)[C@@]3(Cl)[C@H]4c3ccc(CO)o3)C2=O)cc1. The standard InChI is InChI=1S/C28H23BrCl2N2O6/c1-2-14-3-5-15(6-4-14)33-23(35)18-9-8-17-19(21(18)24(33)36)11-27(30)25(37)32(13-29)26(38)28(27,31)22(17)20-10-7-16(12-34)39-20/h2-8,10,18-19,21-22,34H,1,9,11-13H2/t18-,19+,21-,22+,27+,28-/m0/s1. The van der Waals surface area contributed by atoms with Crippen LogP contribution in [0, 0.1) is 17.8 Å². The lowest BCUT2D eigenvalue weighted by molar-refractivity contribution is -0.138. The van der Waals surface area contributed by atoms with E-state index in [0.717, 1.165) is 10.5 Å². The molecule has 1 saturated carbocycles. The van der Waals surface area contributed by atoms with E-state index in [-0.39, 0.29) is 42.3 Å². The van der Waals surface area contributed by atoms with Crippen molar-refractivity contribution in [1.29, 1.82) is 0 Å². The summed E-state index contributed by atoms with van der Waals surface area (Å²) in [4.78, 5) is 53.1. The zero-order valence-electron chi connectivity index (χ0n) is 20.5. The molecule has 4 amide bonds. The van der Waals surface area contributed by atoms with Crippen molar-refractivity contribution in [2.45, 2.75) is 35.1 Å². The number of allylic oxidation sites excluding steroid dienone is 2. The van der Waals surface area contributed by atoms with Crippen molar-refractivity contribution in [2.24, 2.45) is 17.8 Å². The first-order valence-electron chi connectivity index (χ1n) is 12.4. The fraction of sp³-hybridized carbons (Fsp3) is 0.357. The molecule has 0 spiro atoms. The zero-order chi connectivity index (χ0) is 27.9. The minimum Gasteiger partial charge on any atom is -0.463 e. The van der Waals surface area contributed by atoms with Gasteiger partial charge in [0.1, 0.15) is 18.1 Å². The number of hydrogen-bond donors (Lipinski definition) is 1. The second-order valence-corrected chi connectivity index (χ2v) is 12.0. The molecule has 2 saturated heterocycles. The van der Waals surface area contributed by atoms with Crippen LogP contribution in [0.15, 0.2) is 59.0 Å². The maximum absolute atomic E-state index is 14.0. The quantitative estimate of drug-likeness (QED) is 0.227. The van der Waals surface area contributed by atoms with E-state index in [1.807, 2.05) is 6.08 Å². The average Bonchev–Trinajstić information content (AvgIpc) is 3.55. The monoisotopic (exact) mass is 632 g/mol. The van der Waals surface area contributed by atoms with Crippen LogP contribution in [-0.4, -0.2) is 48.8 Å². The van der Waals surface area contributed by atoms with E-state index in [2.05, 4.69) is 22.5 Å². The number of fused-ring (bicyclic) bond motifs is 4. The number of nitrogens with zero attached hydrogens (tertiary/aromatic N) is 2. The molecular formula is C28H23BrCl2N2O6. The molecule has 4 aliphatic rings. The molecule has 0 unspecified atom stereocenters. The Bertz CT molecular complexity index is 1470. The normalized spacial score (nSPS) is 33.7. The highest BCUT2D eigenvalue weighted by Crippen LogP contribution is 2.65. The molecular weight excluding hydrogens is 611 g/mol. The van der Waals surface area contributed by atoms with E-state index < -0.39 is 51.1 Å². The topological polar surface area (TPSA) is 108 Å². The molecule has 6 rings (SSSR count). The Kier molecular flexibility index (Phi) is 6.22. The van der Waals surface area contributed by atoms with Crippen molar-refractivity contribution in [1.82, 2.24) is 4.90 Å². The number of alkyl halides is 3. The number of carbonyl (C=O) groups excluding carboxylic acids is 4. The summed E-state index contributed by atoms with van der Waals surface area (Å²) in [7, 11) is 0. The second kappa shape index (κ2) is 9.16. The molecule has 1 N–H and O–H groups in total. The number of aliphatic hydroxyl groups excluding tert-OH is 1. The van der Waals surface area contributed by atoms with Crippen LogP contribution in [0.4, 0.5) is 5.69 Å². The predicted octanol–water partition coefficient (Wildman–Crippen LogP) is 4.33. The number of anilines is 1. The molecule has 6 atom stereocenters. The van der Waals surface area contributed by atoms with Crippen molar-refractivity contribution in [3.63, 3.8) is 0 Å². The summed E-state index contributed by atoms with van der Waals surface area (Å²) in [6.45, 7) is 3.35. The van der Waals surface area contributed by atoms with Gasteiger partial charge in [0.05, 0.1) is 28.9 Å². The van der Waals surface area contributed by atoms with Crippen LogP contribution in [0.5, 0.6) is 0 Å². The molecule has 2 aliphatic heterocycles. The van der Waals surface area contributed by atoms with Crippen LogP contribution in [0.1, 0.15) is 35.8 Å². The molecule has 3 heterocycles. The van der Waals surface area contributed by atoms with Gasteiger partial charge in [0.15, 0.2) is 9.75 Å². The molecule has 0 radical (unpaired) electrons. The van der Waals surface area contributed by atoms with Gasteiger partial charge in [0, 0.05) is 0 Å². The highest BCUT2D eigenvalue weighted by molar-refractivity contribution is 9.09. The highest BCUT2D eigenvalue weighted by Gasteiger charge is 2.76. The molecule has 202 valence electrons. The van der Waals surface area contributed by atoms with Crippen molar-refractivity contribution in [2.75, 3.05) is 10.4 Å². The van der Waals surface area contributed by atoms with Crippen LogP contribution >= 0.6 is 39.1 Å². The lowest BCUT2D eigenvalue weighted by Crippen LogP contribution is -2.60. The molecule has 11 heteroatoms. The molecule has 8 nitrogen and oxygen atoms in total. The summed E-state index contributed by atoms with van der Waals surface area (Å²) in [6.07, 6.45) is 3.65. The molecule has 1 aromatic heterocycles. The smallest absolute Gasteiger partial charge is 0.254 e. The Balaban J connectivity index is 1.48. The number of halogens is 3. The van der Waals surface area contributed by atoms with Gasteiger partial charge in [-0.15, -0.1) is 23.2 Å². The number of rotatable bonds is 5. The third-order valence-electron chi connectivity index (χ3n) is 8.52. The van der Waals surface area contributed by atoms with Crippen molar-refractivity contribution in [3.05, 3.63) is 71.7 Å². The number of imide groups is 2. The number of hydrogen-bond acceptors (Lipinski definition) is 6. The average molecular weight is 634 g/mol. The first-order valence-corrected chi connectivity index (χ1v) is 14.3. The summed E-state index contributed by atoms with van der Waals surface area (Å²) in [5.74, 6) is -4.67. The molecule has 1 aromatic carbocycles. The molecule has 0 bridgehead atoms. The Morgan fingerprint density at radius 2 is 1.77 bits per heavy atom. The molecule has 2 aliphatic carbocycles. The van der Waals surface area contributed by atoms with Crippen LogP contribution in [0.3, 0.4) is 0 Å². The van der Waals surface area contributed by atoms with E-state index in [1.54, 1.807) is 42.5 Å². The number of aliphatic hydroxyl groups is 1. The van der Waals surface area contributed by atoms with Gasteiger partial charge in [0.2, 0.25) is 11.8 Å². The zero-order valence-corrected chi connectivity index (χ0v) is 23.6. The highest BCUT2D eigenvalue weighted by atomic mass is 79.9. The van der Waals surface area contributed by atoms with Crippen LogP contribution in [0.25, 0.3) is 6.08 Å². The minimum atomic E-state index is -1.94. The van der Waals surface area contributed by atoms with Gasteiger partial charge in [0.25, 0.3) is 11.8 Å². The van der Waals surface area contributed by atoms with Crippen LogP contribution in [-0.2, 0) is 25.8 Å². The maximum Gasteiger partial charge on any atom is 0.254 e. The number of benzene rings is 1. The summed E-state index contributed by atoms with van der Waals surface area (Å²) < 4.78 is 5.87. The van der Waals surface area contributed by atoms with Crippen LogP contribution < -0.4 is 4.90 Å². The summed E-state index contributed by atoms with van der Waals surface area (Å²) >= 11 is 17.5. The molecule has 2 aromatic rings. The van der Waals surface area contributed by atoms with Gasteiger partial charge in [-0.2, -0.15) is 0 Å². The van der Waals surface area contributed by atoms with Gasteiger partial charge in [-0.1, -0.05) is 52.4 Å². The van der Waals surface area contributed by atoms with Gasteiger partial charge in [-0.05, 0) is 48.6 Å². The molecule has 3 fully saturated rings. The van der Waals surface area contributed by atoms with Crippen LogP contribution in [0.2, 0.25) is 0 Å². The summed E-state index contributed by atoms with van der Waals surface area (Å²) in [6, 6.07) is 10.1. The minimum absolute atomic E-state index is 0.106. The van der Waals surface area contributed by atoms with Crippen molar-refractivity contribution in [3.8, 4) is 0 Å². The molecule has 39 heavy (non-hydrogen) atoms. The summed E-state index contributed by atoms with van der Waals surface area (Å²) in [5.41, 5.74) is 1.81. The number of amides is 4. The Labute approximate surface area is 242 Å². The van der Waals surface area contributed by atoms with E-state index in [0.29, 0.717) is 11.3 Å². The van der Waals surface area contributed by atoms with E-state index in [4.69, 9.17) is 27.6 Å². The van der Waals surface area contributed by atoms with Gasteiger partial charge in [-0.25, -0.2) is 0 Å². The van der Waals surface area contributed by atoms with Gasteiger partial charge >= 0.3 is 0 Å². The second-order valence-electron chi connectivity index (χ2n) is 10.3.